The third-order valence-electron chi connectivity index (χ3n) is 7.24. The summed E-state index contributed by atoms with van der Waals surface area (Å²) < 4.78 is 1.53. The minimum atomic E-state index is 0.998. The Morgan fingerprint density at radius 2 is 1.09 bits per heavy atom. The Bertz CT molecular complexity index is 1020. The van der Waals surface area contributed by atoms with Gasteiger partial charge in [0, 0.05) is 22.3 Å². The standard InChI is InChI=1S/C33H46N2/c1-5-9-13-16-27-17-14-18-29(25-27)33-31(20-12-8-4)30(19-11-7-3)32(35(33)34)28-23-21-26(22-24-28)15-10-6-2/h14,17-18,21-25H,5-13,15-16,19-20H2,1-4H3. The molecule has 2 heteroatoms. The van der Waals surface area contributed by atoms with Gasteiger partial charge in [-0.05, 0) is 86.8 Å². The van der Waals surface area contributed by atoms with Crippen molar-refractivity contribution in [2.45, 2.75) is 111 Å². The fourth-order valence-corrected chi connectivity index (χ4v) is 5.16. The molecule has 0 bridgehead atoms. The number of benzene rings is 2. The SMILES string of the molecule is CCCCCc1cccc(C2=C(CCCC)C(CCCC)=C(c3ccc(CCCC)cc3)[N+]2=[N-])c1. The lowest BCUT2D eigenvalue weighted by molar-refractivity contribution is -0.345. The van der Waals surface area contributed by atoms with Crippen molar-refractivity contribution in [3.8, 4) is 0 Å². The fraction of sp³-hybridized carbons (Fsp3) is 0.515. The maximum Gasteiger partial charge on any atom is 0.211 e. The molecule has 0 saturated carbocycles. The normalized spacial score (nSPS) is 13.9. The molecule has 0 radical (unpaired) electrons. The fourth-order valence-electron chi connectivity index (χ4n) is 5.16. The first-order valence-corrected chi connectivity index (χ1v) is 14.3. The van der Waals surface area contributed by atoms with Gasteiger partial charge in [-0.15, -0.1) is 0 Å². The molecule has 0 spiro atoms. The molecule has 0 saturated heterocycles. The van der Waals surface area contributed by atoms with E-state index in [1.807, 2.05) is 0 Å². The van der Waals surface area contributed by atoms with Gasteiger partial charge in [0.1, 0.15) is 0 Å². The molecule has 1 heterocycles. The molecule has 35 heavy (non-hydrogen) atoms. The molecule has 3 rings (SSSR count). The Hall–Kier alpha value is -2.48. The summed E-state index contributed by atoms with van der Waals surface area (Å²) in [7, 11) is 0. The molecule has 2 aromatic carbocycles. The highest BCUT2D eigenvalue weighted by Crippen LogP contribution is 2.44. The maximum atomic E-state index is 11.7. The van der Waals surface area contributed by atoms with Crippen LogP contribution >= 0.6 is 0 Å². The van der Waals surface area contributed by atoms with Gasteiger partial charge in [-0.25, -0.2) is 4.70 Å². The van der Waals surface area contributed by atoms with E-state index >= 15 is 0 Å². The van der Waals surface area contributed by atoms with Crippen molar-refractivity contribution in [3.63, 3.8) is 0 Å². The van der Waals surface area contributed by atoms with E-state index in [2.05, 4.69) is 76.2 Å². The molecule has 0 fully saturated rings. The smallest absolute Gasteiger partial charge is 0.211 e. The van der Waals surface area contributed by atoms with E-state index in [-0.39, 0.29) is 0 Å². The molecular formula is C33H46N2. The van der Waals surface area contributed by atoms with Crippen molar-refractivity contribution in [1.82, 2.24) is 0 Å². The molecule has 1 aliphatic rings. The topological polar surface area (TPSA) is 25.3 Å². The van der Waals surface area contributed by atoms with Gasteiger partial charge in [-0.3, -0.25) is 0 Å². The Balaban J connectivity index is 2.03. The van der Waals surface area contributed by atoms with Crippen LogP contribution in [0.5, 0.6) is 0 Å². The van der Waals surface area contributed by atoms with Crippen molar-refractivity contribution in [2.24, 2.45) is 0 Å². The summed E-state index contributed by atoms with van der Waals surface area (Å²) in [4.78, 5) is 0. The first-order valence-electron chi connectivity index (χ1n) is 14.3. The third kappa shape index (κ3) is 7.03. The van der Waals surface area contributed by atoms with Gasteiger partial charge < -0.3 is 5.53 Å². The van der Waals surface area contributed by atoms with Crippen LogP contribution in [0.15, 0.2) is 59.7 Å². The number of unbranched alkanes of at least 4 members (excludes halogenated alkanes) is 5. The summed E-state index contributed by atoms with van der Waals surface area (Å²) in [6, 6.07) is 17.8. The first kappa shape index (κ1) is 27.1. The quantitative estimate of drug-likeness (QED) is 0.183. The number of nitrogens with zero attached hydrogens (tertiary/aromatic N) is 2. The zero-order chi connectivity index (χ0) is 25.0. The summed E-state index contributed by atoms with van der Waals surface area (Å²) in [5, 5.41) is 0. The van der Waals surface area contributed by atoms with Gasteiger partial charge in [-0.2, -0.15) is 0 Å². The van der Waals surface area contributed by atoms with Crippen LogP contribution in [0.2, 0.25) is 0 Å². The van der Waals surface area contributed by atoms with Crippen LogP contribution in [-0.4, -0.2) is 4.70 Å². The molecule has 2 nitrogen and oxygen atoms in total. The maximum absolute atomic E-state index is 11.7. The van der Waals surface area contributed by atoms with E-state index in [0.717, 1.165) is 73.9 Å². The van der Waals surface area contributed by atoms with Crippen LogP contribution in [-0.2, 0) is 12.8 Å². The van der Waals surface area contributed by atoms with Gasteiger partial charge in [-0.1, -0.05) is 84.1 Å². The van der Waals surface area contributed by atoms with Gasteiger partial charge in [0.25, 0.3) is 0 Å². The second-order valence-corrected chi connectivity index (χ2v) is 10.1. The second kappa shape index (κ2) is 14.2. The van der Waals surface area contributed by atoms with E-state index in [1.165, 1.54) is 59.1 Å². The number of hydrogen-bond acceptors (Lipinski definition) is 0. The van der Waals surface area contributed by atoms with Crippen LogP contribution in [0.25, 0.3) is 16.9 Å². The highest BCUT2D eigenvalue weighted by atomic mass is 15.2. The van der Waals surface area contributed by atoms with Crippen LogP contribution in [0.1, 0.15) is 121 Å². The lowest BCUT2D eigenvalue weighted by Crippen LogP contribution is -2.03. The van der Waals surface area contributed by atoms with E-state index in [0.29, 0.717) is 0 Å². The van der Waals surface area contributed by atoms with E-state index < -0.39 is 0 Å². The van der Waals surface area contributed by atoms with Crippen molar-refractivity contribution in [3.05, 3.63) is 87.5 Å². The van der Waals surface area contributed by atoms with Crippen LogP contribution in [0.3, 0.4) is 0 Å². The Labute approximate surface area is 214 Å². The Morgan fingerprint density at radius 1 is 0.543 bits per heavy atom. The van der Waals surface area contributed by atoms with Crippen LogP contribution in [0.4, 0.5) is 0 Å². The zero-order valence-corrected chi connectivity index (χ0v) is 22.7. The molecule has 0 aliphatic carbocycles. The zero-order valence-electron chi connectivity index (χ0n) is 22.7. The van der Waals surface area contributed by atoms with Gasteiger partial charge in [0.05, 0.1) is 0 Å². The molecule has 0 aromatic heterocycles. The predicted molar refractivity (Wildman–Crippen MR) is 151 cm³/mol. The molecule has 0 amide bonds. The Morgan fingerprint density at radius 3 is 1.69 bits per heavy atom. The molecule has 0 atom stereocenters. The summed E-state index contributed by atoms with van der Waals surface area (Å²) in [6.45, 7) is 9.01. The predicted octanol–water partition coefficient (Wildman–Crippen LogP) is 10.3. The highest BCUT2D eigenvalue weighted by molar-refractivity contribution is 5.82. The molecule has 2 aromatic rings. The second-order valence-electron chi connectivity index (χ2n) is 10.1. The van der Waals surface area contributed by atoms with Gasteiger partial charge >= 0.3 is 0 Å². The van der Waals surface area contributed by atoms with Crippen LogP contribution < -0.4 is 0 Å². The monoisotopic (exact) mass is 470 g/mol. The molecule has 0 unspecified atom stereocenters. The van der Waals surface area contributed by atoms with Crippen molar-refractivity contribution in [1.29, 1.82) is 0 Å². The molecule has 0 N–H and O–H groups in total. The summed E-state index contributed by atoms with van der Waals surface area (Å²) in [6.07, 6.45) is 15.0. The molecular weight excluding hydrogens is 424 g/mol. The average molecular weight is 471 g/mol. The molecule has 188 valence electrons. The third-order valence-corrected chi connectivity index (χ3v) is 7.24. The Kier molecular flexibility index (Phi) is 11.0. The minimum Gasteiger partial charge on any atom is -0.493 e. The summed E-state index contributed by atoms with van der Waals surface area (Å²) in [5.41, 5.74) is 21.5. The lowest BCUT2D eigenvalue weighted by atomic mass is 9.91. The number of aryl methyl sites for hydroxylation is 2. The number of allylic oxidation sites excluding steroid dienone is 2. The average Bonchev–Trinajstić information content (AvgIpc) is 3.16. The van der Waals surface area contributed by atoms with E-state index in [1.54, 1.807) is 0 Å². The van der Waals surface area contributed by atoms with Crippen molar-refractivity contribution < 1.29 is 4.70 Å². The van der Waals surface area contributed by atoms with Crippen molar-refractivity contribution in [2.75, 3.05) is 0 Å². The van der Waals surface area contributed by atoms with E-state index in [9.17, 15) is 5.53 Å². The van der Waals surface area contributed by atoms with E-state index in [4.69, 9.17) is 0 Å². The van der Waals surface area contributed by atoms with Gasteiger partial charge in [0.15, 0.2) is 0 Å². The largest absolute Gasteiger partial charge is 0.493 e. The number of rotatable bonds is 15. The summed E-state index contributed by atoms with van der Waals surface area (Å²) in [5.74, 6) is 0. The molecule has 1 aliphatic heterocycles. The highest BCUT2D eigenvalue weighted by Gasteiger charge is 2.35. The first-order chi connectivity index (χ1) is 17.1. The minimum absolute atomic E-state index is 0.998. The summed E-state index contributed by atoms with van der Waals surface area (Å²) >= 11 is 0. The van der Waals surface area contributed by atoms with Crippen molar-refractivity contribution >= 4 is 11.4 Å². The van der Waals surface area contributed by atoms with Crippen LogP contribution in [0, 0.1) is 0 Å². The van der Waals surface area contributed by atoms with Gasteiger partial charge in [0.2, 0.25) is 11.4 Å². The lowest BCUT2D eigenvalue weighted by Gasteiger charge is -2.11. The number of hydrogen-bond donors (Lipinski definition) is 0.